The van der Waals surface area contributed by atoms with E-state index in [1.807, 2.05) is 12.5 Å². The fourth-order valence-corrected chi connectivity index (χ4v) is 3.00. The molecule has 1 saturated heterocycles. The maximum Gasteiger partial charge on any atom is 0.131 e. The predicted molar refractivity (Wildman–Crippen MR) is 78.3 cm³/mol. The van der Waals surface area contributed by atoms with Crippen LogP contribution in [-0.4, -0.2) is 39.2 Å². The number of aliphatic hydroxyl groups excluding tert-OH is 1. The molecule has 1 aromatic carbocycles. The van der Waals surface area contributed by atoms with Crippen LogP contribution in [0, 0.1) is 11.6 Å². The van der Waals surface area contributed by atoms with Crippen LogP contribution in [0.15, 0.2) is 36.9 Å². The van der Waals surface area contributed by atoms with Crippen LogP contribution in [-0.2, 0) is 0 Å². The molecule has 0 amide bonds. The summed E-state index contributed by atoms with van der Waals surface area (Å²) in [4.78, 5) is 6.17. The van der Waals surface area contributed by atoms with E-state index in [4.69, 9.17) is 0 Å². The zero-order valence-electron chi connectivity index (χ0n) is 12.2. The first kappa shape index (κ1) is 15.1. The largest absolute Gasteiger partial charge is 0.387 e. The number of hydrogen-bond acceptors (Lipinski definition) is 3. The number of halogens is 2. The third-order valence-corrected chi connectivity index (χ3v) is 4.26. The summed E-state index contributed by atoms with van der Waals surface area (Å²) in [5.74, 6) is -1.32. The molecule has 4 nitrogen and oxygen atoms in total. The van der Waals surface area contributed by atoms with Crippen LogP contribution in [0.1, 0.15) is 30.6 Å². The molecule has 0 bridgehead atoms. The molecule has 118 valence electrons. The first-order valence-electron chi connectivity index (χ1n) is 7.46. The maximum atomic E-state index is 13.7. The summed E-state index contributed by atoms with van der Waals surface area (Å²) in [6.07, 6.45) is 6.55. The van der Waals surface area contributed by atoms with Gasteiger partial charge in [0.25, 0.3) is 0 Å². The van der Waals surface area contributed by atoms with Gasteiger partial charge in [-0.3, -0.25) is 0 Å². The average Bonchev–Trinajstić information content (AvgIpc) is 3.02. The Balaban J connectivity index is 1.56. The second-order valence-electron chi connectivity index (χ2n) is 5.72. The lowest BCUT2D eigenvalue weighted by Gasteiger charge is -2.33. The summed E-state index contributed by atoms with van der Waals surface area (Å²) in [6, 6.07) is 3.73. The smallest absolute Gasteiger partial charge is 0.131 e. The van der Waals surface area contributed by atoms with Crippen molar-refractivity contribution in [3.63, 3.8) is 0 Å². The zero-order chi connectivity index (χ0) is 15.5. The van der Waals surface area contributed by atoms with Gasteiger partial charge < -0.3 is 14.6 Å². The molecule has 22 heavy (non-hydrogen) atoms. The Morgan fingerprint density at radius 3 is 2.68 bits per heavy atom. The molecule has 0 aliphatic carbocycles. The van der Waals surface area contributed by atoms with Gasteiger partial charge in [-0.2, -0.15) is 0 Å². The number of likely N-dealkylation sites (tertiary alicyclic amines) is 1. The number of nitrogens with zero attached hydrogens (tertiary/aromatic N) is 3. The van der Waals surface area contributed by atoms with E-state index in [2.05, 4.69) is 14.5 Å². The zero-order valence-corrected chi connectivity index (χ0v) is 12.2. The minimum atomic E-state index is -0.939. The SMILES string of the molecule is OC(CN1CCC(n2ccnc2)CC1)c1ccc(F)cc1F. The molecule has 3 rings (SSSR count). The van der Waals surface area contributed by atoms with Crippen LogP contribution in [0.2, 0.25) is 0 Å². The number of piperidine rings is 1. The van der Waals surface area contributed by atoms with Crippen molar-refractivity contribution in [2.75, 3.05) is 19.6 Å². The summed E-state index contributed by atoms with van der Waals surface area (Å²) in [5.41, 5.74) is 0.151. The number of aromatic nitrogens is 2. The highest BCUT2D eigenvalue weighted by Gasteiger charge is 2.23. The van der Waals surface area contributed by atoms with Crippen LogP contribution in [0.25, 0.3) is 0 Å². The quantitative estimate of drug-likeness (QED) is 0.944. The Hall–Kier alpha value is -1.79. The number of aliphatic hydroxyl groups is 1. The van der Waals surface area contributed by atoms with Gasteiger partial charge in [-0.1, -0.05) is 6.07 Å². The van der Waals surface area contributed by atoms with E-state index in [1.54, 1.807) is 6.20 Å². The number of rotatable bonds is 4. The minimum absolute atomic E-state index is 0.151. The van der Waals surface area contributed by atoms with E-state index in [0.717, 1.165) is 32.0 Å². The van der Waals surface area contributed by atoms with E-state index in [1.165, 1.54) is 12.1 Å². The third kappa shape index (κ3) is 3.34. The Labute approximate surface area is 128 Å². The summed E-state index contributed by atoms with van der Waals surface area (Å²) in [5, 5.41) is 10.2. The van der Waals surface area contributed by atoms with Crippen molar-refractivity contribution < 1.29 is 13.9 Å². The number of imidazole rings is 1. The summed E-state index contributed by atoms with van der Waals surface area (Å²) in [7, 11) is 0. The van der Waals surface area contributed by atoms with Gasteiger partial charge in [0.15, 0.2) is 0 Å². The second kappa shape index (κ2) is 6.54. The second-order valence-corrected chi connectivity index (χ2v) is 5.72. The molecule has 0 radical (unpaired) electrons. The van der Waals surface area contributed by atoms with Gasteiger partial charge in [0.2, 0.25) is 0 Å². The standard InChI is InChI=1S/C16H19F2N3O/c17-12-1-2-14(15(18)9-12)16(22)10-20-6-3-13(4-7-20)21-8-5-19-11-21/h1-2,5,8-9,11,13,16,22H,3-4,6-7,10H2. The normalized spacial score (nSPS) is 18.5. The molecule has 0 spiro atoms. The summed E-state index contributed by atoms with van der Waals surface area (Å²) in [6.45, 7) is 2.03. The maximum absolute atomic E-state index is 13.7. The van der Waals surface area contributed by atoms with Crippen molar-refractivity contribution in [3.05, 3.63) is 54.1 Å². The molecule has 1 aliphatic heterocycles. The molecule has 1 aromatic heterocycles. The van der Waals surface area contributed by atoms with Gasteiger partial charge in [0.05, 0.1) is 12.4 Å². The monoisotopic (exact) mass is 307 g/mol. The molecule has 2 aromatic rings. The highest BCUT2D eigenvalue weighted by molar-refractivity contribution is 5.21. The topological polar surface area (TPSA) is 41.3 Å². The van der Waals surface area contributed by atoms with E-state index < -0.39 is 17.7 Å². The molecule has 1 unspecified atom stereocenters. The Morgan fingerprint density at radius 2 is 2.05 bits per heavy atom. The average molecular weight is 307 g/mol. The van der Waals surface area contributed by atoms with E-state index >= 15 is 0 Å². The molecular formula is C16H19F2N3O. The molecule has 1 N–H and O–H groups in total. The number of hydrogen-bond donors (Lipinski definition) is 1. The molecule has 1 fully saturated rings. The predicted octanol–water partition coefficient (Wildman–Crippen LogP) is 2.53. The molecule has 2 heterocycles. The molecule has 6 heteroatoms. The lowest BCUT2D eigenvalue weighted by molar-refractivity contribution is 0.0882. The van der Waals surface area contributed by atoms with Crippen LogP contribution >= 0.6 is 0 Å². The van der Waals surface area contributed by atoms with E-state index in [-0.39, 0.29) is 5.56 Å². The van der Waals surface area contributed by atoms with Gasteiger partial charge >= 0.3 is 0 Å². The van der Waals surface area contributed by atoms with Gasteiger partial charge in [-0.25, -0.2) is 13.8 Å². The molecule has 1 atom stereocenters. The minimum Gasteiger partial charge on any atom is -0.387 e. The summed E-state index contributed by atoms with van der Waals surface area (Å²) >= 11 is 0. The molecule has 1 aliphatic rings. The third-order valence-electron chi connectivity index (χ3n) is 4.26. The van der Waals surface area contributed by atoms with Gasteiger partial charge in [0.1, 0.15) is 11.6 Å². The van der Waals surface area contributed by atoms with Gasteiger partial charge in [-0.05, 0) is 18.9 Å². The van der Waals surface area contributed by atoms with E-state index in [0.29, 0.717) is 12.6 Å². The fourth-order valence-electron chi connectivity index (χ4n) is 3.00. The Bertz CT molecular complexity index is 610. The van der Waals surface area contributed by atoms with Crippen molar-refractivity contribution >= 4 is 0 Å². The molecular weight excluding hydrogens is 288 g/mol. The lowest BCUT2D eigenvalue weighted by Crippen LogP contribution is -2.37. The first-order chi connectivity index (χ1) is 10.6. The summed E-state index contributed by atoms with van der Waals surface area (Å²) < 4.78 is 28.7. The van der Waals surface area contributed by atoms with Crippen molar-refractivity contribution in [3.8, 4) is 0 Å². The fraction of sp³-hybridized carbons (Fsp3) is 0.438. The first-order valence-corrected chi connectivity index (χ1v) is 7.46. The van der Waals surface area contributed by atoms with Crippen LogP contribution in [0.5, 0.6) is 0 Å². The highest BCUT2D eigenvalue weighted by Crippen LogP contribution is 2.25. The molecule has 0 saturated carbocycles. The van der Waals surface area contributed by atoms with Crippen molar-refractivity contribution in [1.29, 1.82) is 0 Å². The van der Waals surface area contributed by atoms with Crippen molar-refractivity contribution in [2.45, 2.75) is 25.0 Å². The Kier molecular flexibility index (Phi) is 4.49. The number of benzene rings is 1. The van der Waals surface area contributed by atoms with E-state index in [9.17, 15) is 13.9 Å². The Morgan fingerprint density at radius 1 is 1.27 bits per heavy atom. The lowest BCUT2D eigenvalue weighted by atomic mass is 10.0. The van der Waals surface area contributed by atoms with Crippen LogP contribution in [0.4, 0.5) is 8.78 Å². The van der Waals surface area contributed by atoms with Gasteiger partial charge in [0, 0.05) is 49.7 Å². The van der Waals surface area contributed by atoms with Crippen molar-refractivity contribution in [1.82, 2.24) is 14.5 Å². The number of β-amino-alcohol motifs (C(OH)–C–C–N with tert-alkyl or cyclic N) is 1. The van der Waals surface area contributed by atoms with Crippen LogP contribution < -0.4 is 0 Å². The van der Waals surface area contributed by atoms with Crippen LogP contribution in [0.3, 0.4) is 0 Å². The van der Waals surface area contributed by atoms with Gasteiger partial charge in [-0.15, -0.1) is 0 Å². The van der Waals surface area contributed by atoms with Crippen molar-refractivity contribution in [2.24, 2.45) is 0 Å². The highest BCUT2D eigenvalue weighted by atomic mass is 19.1.